The third-order valence-corrected chi connectivity index (χ3v) is 6.59. The molecule has 1 unspecified atom stereocenters. The van der Waals surface area contributed by atoms with E-state index in [2.05, 4.69) is 19.2 Å². The molecule has 0 spiro atoms. The van der Waals surface area contributed by atoms with Crippen molar-refractivity contribution in [2.45, 2.75) is 124 Å². The smallest absolute Gasteiger partial charge is 0.307 e. The summed E-state index contributed by atoms with van der Waals surface area (Å²) in [6.45, 7) is 9.81. The van der Waals surface area contributed by atoms with Crippen LogP contribution in [0.5, 0.6) is 0 Å². The number of unbranched alkanes of at least 4 members (excludes halogenated alkanes) is 8. The molecule has 0 aliphatic carbocycles. The quantitative estimate of drug-likeness (QED) is 0.118. The molecule has 7 nitrogen and oxygen atoms in total. The van der Waals surface area contributed by atoms with E-state index in [-0.39, 0.29) is 43.8 Å². The Balaban J connectivity index is 4.24. The van der Waals surface area contributed by atoms with Gasteiger partial charge in [0.2, 0.25) is 5.91 Å². The number of nitrogens with zero attached hydrogens (tertiary/aromatic N) is 1. The van der Waals surface area contributed by atoms with Gasteiger partial charge in [-0.3, -0.25) is 14.4 Å². The van der Waals surface area contributed by atoms with Gasteiger partial charge in [0, 0.05) is 24.9 Å². The summed E-state index contributed by atoms with van der Waals surface area (Å²) in [5.74, 6) is -0.234. The average Bonchev–Trinajstić information content (AvgIpc) is 2.83. The summed E-state index contributed by atoms with van der Waals surface area (Å²) in [5.41, 5.74) is -0.472. The molecular formula is C30H58N2O5. The lowest BCUT2D eigenvalue weighted by molar-refractivity contribution is -0.148. The highest BCUT2D eigenvalue weighted by atomic mass is 16.5. The topological polar surface area (TPSA) is 84.9 Å². The standard InChI is InChI=1S/C30H58N2O5/c1-7-9-11-13-14-16-18-26(17-15-12-10-8-2)24-36-28(34)19-21-31-27(33)23-30(3,4)25-37-29(35)20-22-32(5)6/h26H,7-25H2,1-6H3,(H,31,33). The second kappa shape index (κ2) is 22.4. The number of rotatable bonds is 24. The fourth-order valence-electron chi connectivity index (χ4n) is 4.18. The van der Waals surface area contributed by atoms with E-state index >= 15 is 0 Å². The SMILES string of the molecule is CCCCCCCCC(CCCCCC)COC(=O)CCNC(=O)CC(C)(C)COC(=O)CCN(C)C. The Bertz CT molecular complexity index is 607. The molecule has 0 aliphatic heterocycles. The first-order valence-corrected chi connectivity index (χ1v) is 14.8. The molecule has 0 saturated carbocycles. The van der Waals surface area contributed by atoms with E-state index in [1.165, 1.54) is 64.2 Å². The first-order chi connectivity index (χ1) is 17.6. The molecule has 1 atom stereocenters. The second-order valence-corrected chi connectivity index (χ2v) is 11.6. The molecule has 0 fully saturated rings. The Kier molecular flexibility index (Phi) is 21.4. The lowest BCUT2D eigenvalue weighted by atomic mass is 9.90. The van der Waals surface area contributed by atoms with E-state index < -0.39 is 5.41 Å². The highest BCUT2D eigenvalue weighted by Gasteiger charge is 2.24. The minimum Gasteiger partial charge on any atom is -0.465 e. The van der Waals surface area contributed by atoms with Crippen LogP contribution in [0.15, 0.2) is 0 Å². The Hall–Kier alpha value is -1.63. The molecule has 0 heterocycles. The molecule has 7 heteroatoms. The monoisotopic (exact) mass is 526 g/mol. The van der Waals surface area contributed by atoms with E-state index in [1.54, 1.807) is 0 Å². The van der Waals surface area contributed by atoms with E-state index in [1.807, 2.05) is 32.8 Å². The van der Waals surface area contributed by atoms with Crippen LogP contribution in [-0.2, 0) is 23.9 Å². The molecule has 0 aromatic heterocycles. The van der Waals surface area contributed by atoms with Gasteiger partial charge in [-0.1, -0.05) is 91.9 Å². The molecule has 0 aromatic carbocycles. The maximum atomic E-state index is 12.3. The molecule has 0 aliphatic rings. The number of esters is 2. The van der Waals surface area contributed by atoms with Crippen LogP contribution in [0, 0.1) is 11.3 Å². The predicted octanol–water partition coefficient (Wildman–Crippen LogP) is 6.28. The van der Waals surface area contributed by atoms with Crippen molar-refractivity contribution in [2.24, 2.45) is 11.3 Å². The zero-order valence-electron chi connectivity index (χ0n) is 25.0. The summed E-state index contributed by atoms with van der Waals surface area (Å²) in [5, 5.41) is 2.81. The van der Waals surface area contributed by atoms with Gasteiger partial charge in [0.15, 0.2) is 0 Å². The maximum absolute atomic E-state index is 12.3. The minimum atomic E-state index is -0.472. The molecule has 0 saturated heterocycles. The van der Waals surface area contributed by atoms with Gasteiger partial charge < -0.3 is 19.7 Å². The normalized spacial score (nSPS) is 12.4. The van der Waals surface area contributed by atoms with Gasteiger partial charge in [0.05, 0.1) is 26.1 Å². The van der Waals surface area contributed by atoms with Crippen molar-refractivity contribution in [1.82, 2.24) is 10.2 Å². The molecule has 218 valence electrons. The third kappa shape index (κ3) is 23.2. The molecule has 1 N–H and O–H groups in total. The molecule has 0 rings (SSSR count). The van der Waals surface area contributed by atoms with Gasteiger partial charge in [-0.15, -0.1) is 0 Å². The Labute approximate surface area is 227 Å². The van der Waals surface area contributed by atoms with Gasteiger partial charge in [-0.05, 0) is 32.9 Å². The summed E-state index contributed by atoms with van der Waals surface area (Å²) in [6, 6.07) is 0. The Morgan fingerprint density at radius 2 is 1.32 bits per heavy atom. The van der Waals surface area contributed by atoms with Crippen LogP contribution in [0.25, 0.3) is 0 Å². The predicted molar refractivity (Wildman–Crippen MR) is 151 cm³/mol. The average molecular weight is 527 g/mol. The number of carbonyl (C=O) groups excluding carboxylic acids is 3. The highest BCUT2D eigenvalue weighted by molar-refractivity contribution is 5.77. The number of nitrogens with one attached hydrogen (secondary N) is 1. The van der Waals surface area contributed by atoms with Crippen molar-refractivity contribution >= 4 is 17.8 Å². The summed E-state index contributed by atoms with van der Waals surface area (Å²) < 4.78 is 10.9. The van der Waals surface area contributed by atoms with E-state index in [0.717, 1.165) is 12.8 Å². The van der Waals surface area contributed by atoms with Crippen LogP contribution in [0.2, 0.25) is 0 Å². The summed E-state index contributed by atoms with van der Waals surface area (Å²) in [7, 11) is 3.81. The van der Waals surface area contributed by atoms with Crippen molar-refractivity contribution in [3.63, 3.8) is 0 Å². The van der Waals surface area contributed by atoms with E-state index in [0.29, 0.717) is 25.5 Å². The highest BCUT2D eigenvalue weighted by Crippen LogP contribution is 2.21. The summed E-state index contributed by atoms with van der Waals surface area (Å²) in [4.78, 5) is 38.4. The first-order valence-electron chi connectivity index (χ1n) is 14.8. The minimum absolute atomic E-state index is 0.154. The molecule has 0 bridgehead atoms. The van der Waals surface area contributed by atoms with Gasteiger partial charge >= 0.3 is 11.9 Å². The van der Waals surface area contributed by atoms with E-state index in [9.17, 15) is 14.4 Å². The molecular weight excluding hydrogens is 468 g/mol. The van der Waals surface area contributed by atoms with Crippen molar-refractivity contribution in [3.05, 3.63) is 0 Å². The van der Waals surface area contributed by atoms with Gasteiger partial charge in [0.1, 0.15) is 0 Å². The second-order valence-electron chi connectivity index (χ2n) is 11.6. The fourth-order valence-corrected chi connectivity index (χ4v) is 4.18. The number of hydrogen-bond acceptors (Lipinski definition) is 6. The molecule has 1 amide bonds. The number of ether oxygens (including phenoxy) is 2. The van der Waals surface area contributed by atoms with Crippen LogP contribution < -0.4 is 5.32 Å². The third-order valence-electron chi connectivity index (χ3n) is 6.59. The lowest BCUT2D eigenvalue weighted by Gasteiger charge is -2.23. The summed E-state index contributed by atoms with van der Waals surface area (Å²) in [6.07, 6.45) is 15.6. The van der Waals surface area contributed by atoms with Crippen LogP contribution in [-0.4, -0.2) is 63.1 Å². The Morgan fingerprint density at radius 1 is 0.784 bits per heavy atom. The Morgan fingerprint density at radius 3 is 1.92 bits per heavy atom. The van der Waals surface area contributed by atoms with Crippen molar-refractivity contribution in [2.75, 3.05) is 40.4 Å². The van der Waals surface area contributed by atoms with Gasteiger partial charge in [-0.2, -0.15) is 0 Å². The van der Waals surface area contributed by atoms with Crippen molar-refractivity contribution in [1.29, 1.82) is 0 Å². The zero-order chi connectivity index (χ0) is 27.9. The number of hydrogen-bond donors (Lipinski definition) is 1. The number of carbonyl (C=O) groups is 3. The molecule has 0 aromatic rings. The number of amides is 1. The maximum Gasteiger partial charge on any atom is 0.307 e. The lowest BCUT2D eigenvalue weighted by Crippen LogP contribution is -2.33. The molecule has 37 heavy (non-hydrogen) atoms. The van der Waals surface area contributed by atoms with Crippen LogP contribution >= 0.6 is 0 Å². The van der Waals surface area contributed by atoms with Crippen LogP contribution in [0.3, 0.4) is 0 Å². The van der Waals surface area contributed by atoms with E-state index in [4.69, 9.17) is 9.47 Å². The zero-order valence-corrected chi connectivity index (χ0v) is 25.0. The van der Waals surface area contributed by atoms with Crippen molar-refractivity contribution in [3.8, 4) is 0 Å². The summed E-state index contributed by atoms with van der Waals surface area (Å²) >= 11 is 0. The first kappa shape index (κ1) is 35.4. The van der Waals surface area contributed by atoms with Gasteiger partial charge in [0.25, 0.3) is 0 Å². The largest absolute Gasteiger partial charge is 0.465 e. The van der Waals surface area contributed by atoms with Gasteiger partial charge in [-0.25, -0.2) is 0 Å². The van der Waals surface area contributed by atoms with Crippen molar-refractivity contribution < 1.29 is 23.9 Å². The fraction of sp³-hybridized carbons (Fsp3) is 0.900. The van der Waals surface area contributed by atoms with Crippen LogP contribution in [0.4, 0.5) is 0 Å². The molecule has 0 radical (unpaired) electrons. The van der Waals surface area contributed by atoms with Crippen LogP contribution in [0.1, 0.15) is 124 Å².